The van der Waals surface area contributed by atoms with Crippen LogP contribution in [0.2, 0.25) is 0 Å². The van der Waals surface area contributed by atoms with Crippen LogP contribution in [0.25, 0.3) is 6.08 Å². The van der Waals surface area contributed by atoms with Crippen LogP contribution < -0.4 is 5.32 Å². The predicted octanol–water partition coefficient (Wildman–Crippen LogP) is 5.71. The van der Waals surface area contributed by atoms with Gasteiger partial charge in [0.15, 0.2) is 0 Å². The molecule has 0 aliphatic carbocycles. The molecule has 0 radical (unpaired) electrons. The molecule has 0 saturated carbocycles. The first-order chi connectivity index (χ1) is 13.3. The fourth-order valence-corrected chi connectivity index (χ4v) is 3.57. The number of hydrogen-bond donors (Lipinski definition) is 1. The Morgan fingerprint density at radius 1 is 1.14 bits per heavy atom. The Balaban J connectivity index is 1.68. The van der Waals surface area contributed by atoms with E-state index in [9.17, 15) is 18.0 Å². The number of carbonyl (C=O) groups is 1. The van der Waals surface area contributed by atoms with Gasteiger partial charge in [0, 0.05) is 12.5 Å². The maximum Gasteiger partial charge on any atom is 0.416 e. The molecule has 144 valence electrons. The van der Waals surface area contributed by atoms with E-state index in [2.05, 4.69) is 10.3 Å². The van der Waals surface area contributed by atoms with Gasteiger partial charge in [-0.05, 0) is 30.2 Å². The van der Waals surface area contributed by atoms with E-state index < -0.39 is 11.7 Å². The third kappa shape index (κ3) is 5.29. The Labute approximate surface area is 164 Å². The number of amides is 1. The molecule has 1 N–H and O–H groups in total. The van der Waals surface area contributed by atoms with Crippen molar-refractivity contribution < 1.29 is 18.0 Å². The Kier molecular flexibility index (Phi) is 5.94. The summed E-state index contributed by atoms with van der Waals surface area (Å²) < 4.78 is 38.5. The predicted molar refractivity (Wildman–Crippen MR) is 105 cm³/mol. The molecule has 0 atom stereocenters. The van der Waals surface area contributed by atoms with E-state index in [-0.39, 0.29) is 12.3 Å². The van der Waals surface area contributed by atoms with Crippen LogP contribution in [0.4, 0.5) is 18.2 Å². The zero-order valence-corrected chi connectivity index (χ0v) is 15.8. The summed E-state index contributed by atoms with van der Waals surface area (Å²) in [6.45, 7) is 1.75. The minimum absolute atomic E-state index is 0.269. The second kappa shape index (κ2) is 8.39. The average molecular weight is 402 g/mol. The normalized spacial score (nSPS) is 11.7. The second-order valence-corrected chi connectivity index (χ2v) is 7.21. The van der Waals surface area contributed by atoms with Gasteiger partial charge in [-0.25, -0.2) is 4.98 Å². The molecule has 1 heterocycles. The Hall–Kier alpha value is -2.93. The standard InChI is InChI=1S/C21H17F3N2OS/c1-14-20(26-18(27)11-10-15-6-3-2-4-7-15)28-19(25-14)13-16-8-5-9-17(12-16)21(22,23)24/h2-12H,13H2,1H3,(H,26,27)/b11-10+. The van der Waals surface area contributed by atoms with Gasteiger partial charge in [-0.1, -0.05) is 48.5 Å². The lowest BCUT2D eigenvalue weighted by molar-refractivity contribution is -0.137. The lowest BCUT2D eigenvalue weighted by Gasteiger charge is -2.07. The topological polar surface area (TPSA) is 42.0 Å². The molecule has 0 spiro atoms. The van der Waals surface area contributed by atoms with Crippen molar-refractivity contribution in [3.8, 4) is 0 Å². The van der Waals surface area contributed by atoms with Crippen molar-refractivity contribution >= 4 is 28.3 Å². The smallest absolute Gasteiger partial charge is 0.313 e. The number of hydrogen-bond acceptors (Lipinski definition) is 3. The van der Waals surface area contributed by atoms with Crippen molar-refractivity contribution in [3.05, 3.63) is 88.1 Å². The van der Waals surface area contributed by atoms with Crippen molar-refractivity contribution in [1.82, 2.24) is 4.98 Å². The Bertz CT molecular complexity index is 994. The summed E-state index contributed by atoms with van der Waals surface area (Å²) in [6, 6.07) is 14.6. The van der Waals surface area contributed by atoms with Crippen molar-refractivity contribution in [2.75, 3.05) is 5.32 Å². The molecule has 3 rings (SSSR count). The van der Waals surface area contributed by atoms with Gasteiger partial charge in [0.1, 0.15) is 5.00 Å². The number of aryl methyl sites for hydroxylation is 1. The van der Waals surface area contributed by atoms with Crippen LogP contribution in [0, 0.1) is 6.92 Å². The van der Waals surface area contributed by atoms with Gasteiger partial charge in [-0.2, -0.15) is 13.2 Å². The molecule has 3 nitrogen and oxygen atoms in total. The highest BCUT2D eigenvalue weighted by Crippen LogP contribution is 2.31. The zero-order chi connectivity index (χ0) is 20.1. The minimum Gasteiger partial charge on any atom is -0.313 e. The van der Waals surface area contributed by atoms with E-state index in [0.29, 0.717) is 21.3 Å². The molecule has 28 heavy (non-hydrogen) atoms. The maximum absolute atomic E-state index is 12.8. The summed E-state index contributed by atoms with van der Waals surface area (Å²) in [5.41, 5.74) is 1.38. The van der Waals surface area contributed by atoms with Gasteiger partial charge in [-0.15, -0.1) is 11.3 Å². The Morgan fingerprint density at radius 2 is 1.89 bits per heavy atom. The summed E-state index contributed by atoms with van der Waals surface area (Å²) >= 11 is 1.26. The summed E-state index contributed by atoms with van der Waals surface area (Å²) in [6.07, 6.45) is -0.972. The molecule has 0 unspecified atom stereocenters. The highest BCUT2D eigenvalue weighted by Gasteiger charge is 2.30. The summed E-state index contributed by atoms with van der Waals surface area (Å²) in [7, 11) is 0. The molecule has 0 bridgehead atoms. The van der Waals surface area contributed by atoms with E-state index >= 15 is 0 Å². The van der Waals surface area contributed by atoms with Gasteiger partial charge < -0.3 is 5.32 Å². The van der Waals surface area contributed by atoms with Crippen molar-refractivity contribution in [3.63, 3.8) is 0 Å². The quantitative estimate of drug-likeness (QED) is 0.555. The molecule has 1 amide bonds. The van der Waals surface area contributed by atoms with Crippen LogP contribution in [-0.4, -0.2) is 10.9 Å². The number of carbonyl (C=O) groups excluding carboxylic acids is 1. The van der Waals surface area contributed by atoms with Gasteiger partial charge in [0.2, 0.25) is 5.91 Å². The van der Waals surface area contributed by atoms with Gasteiger partial charge >= 0.3 is 6.18 Å². The van der Waals surface area contributed by atoms with Crippen molar-refractivity contribution in [2.45, 2.75) is 19.5 Å². The summed E-state index contributed by atoms with van der Waals surface area (Å²) in [5, 5.41) is 4.00. The first-order valence-electron chi connectivity index (χ1n) is 8.48. The molecule has 0 saturated heterocycles. The van der Waals surface area contributed by atoms with Crippen LogP contribution in [0.15, 0.2) is 60.7 Å². The number of benzene rings is 2. The molecule has 2 aromatic carbocycles. The van der Waals surface area contributed by atoms with Crippen LogP contribution >= 0.6 is 11.3 Å². The number of nitrogens with zero attached hydrogens (tertiary/aromatic N) is 1. The first kappa shape index (κ1) is 19.8. The van der Waals surface area contributed by atoms with Gasteiger partial charge in [0.25, 0.3) is 0 Å². The maximum atomic E-state index is 12.8. The third-order valence-corrected chi connectivity index (χ3v) is 4.99. The lowest BCUT2D eigenvalue weighted by Crippen LogP contribution is -2.07. The average Bonchev–Trinajstić information content (AvgIpc) is 2.99. The molecular weight excluding hydrogens is 385 g/mol. The minimum atomic E-state index is -4.38. The molecule has 0 aliphatic heterocycles. The van der Waals surface area contributed by atoms with Crippen LogP contribution in [-0.2, 0) is 17.4 Å². The van der Waals surface area contributed by atoms with Crippen LogP contribution in [0.3, 0.4) is 0 Å². The third-order valence-electron chi connectivity index (χ3n) is 3.91. The van der Waals surface area contributed by atoms with E-state index in [0.717, 1.165) is 17.7 Å². The fourth-order valence-electron chi connectivity index (χ4n) is 2.57. The number of thiazole rings is 1. The molecule has 7 heteroatoms. The monoisotopic (exact) mass is 402 g/mol. The molecule has 0 aliphatic rings. The van der Waals surface area contributed by atoms with Crippen molar-refractivity contribution in [1.29, 1.82) is 0 Å². The summed E-state index contributed by atoms with van der Waals surface area (Å²) in [4.78, 5) is 16.5. The lowest BCUT2D eigenvalue weighted by atomic mass is 10.1. The van der Waals surface area contributed by atoms with E-state index in [1.54, 1.807) is 19.1 Å². The second-order valence-electron chi connectivity index (χ2n) is 6.13. The Morgan fingerprint density at radius 3 is 2.61 bits per heavy atom. The number of aromatic nitrogens is 1. The molecule has 1 aromatic heterocycles. The van der Waals surface area contributed by atoms with Gasteiger partial charge in [0.05, 0.1) is 16.3 Å². The van der Waals surface area contributed by atoms with Crippen LogP contribution in [0.5, 0.6) is 0 Å². The fraction of sp³-hybridized carbons (Fsp3) is 0.143. The SMILES string of the molecule is Cc1nc(Cc2cccc(C(F)(F)F)c2)sc1NC(=O)/C=C/c1ccccc1. The van der Waals surface area contributed by atoms with E-state index in [1.165, 1.54) is 23.5 Å². The van der Waals surface area contributed by atoms with Gasteiger partial charge in [-0.3, -0.25) is 4.79 Å². The van der Waals surface area contributed by atoms with Crippen LogP contribution in [0.1, 0.15) is 27.4 Å². The number of rotatable bonds is 5. The molecular formula is C21H17F3N2OS. The highest BCUT2D eigenvalue weighted by molar-refractivity contribution is 7.16. The largest absolute Gasteiger partial charge is 0.416 e. The highest BCUT2D eigenvalue weighted by atomic mass is 32.1. The number of anilines is 1. The molecule has 3 aromatic rings. The van der Waals surface area contributed by atoms with E-state index in [4.69, 9.17) is 0 Å². The van der Waals surface area contributed by atoms with E-state index in [1.807, 2.05) is 30.3 Å². The zero-order valence-electron chi connectivity index (χ0n) is 15.0. The number of alkyl halides is 3. The summed E-state index contributed by atoms with van der Waals surface area (Å²) in [5.74, 6) is -0.291. The first-order valence-corrected chi connectivity index (χ1v) is 9.29. The molecule has 0 fully saturated rings. The van der Waals surface area contributed by atoms with Crippen molar-refractivity contribution in [2.24, 2.45) is 0 Å². The number of halogens is 3. The number of nitrogens with one attached hydrogen (secondary N) is 1.